The lowest BCUT2D eigenvalue weighted by Gasteiger charge is -2.36. The minimum atomic E-state index is -3.02. The van der Waals surface area contributed by atoms with E-state index in [-0.39, 0.29) is 5.25 Å². The molecule has 1 fully saturated rings. The van der Waals surface area contributed by atoms with Gasteiger partial charge in [0.15, 0.2) is 0 Å². The highest BCUT2D eigenvalue weighted by molar-refractivity contribution is 7.89. The fourth-order valence-corrected chi connectivity index (χ4v) is 2.93. The van der Waals surface area contributed by atoms with Gasteiger partial charge in [-0.1, -0.05) is 13.8 Å². The first-order valence-corrected chi connectivity index (χ1v) is 6.75. The Labute approximate surface area is 87.5 Å². The van der Waals surface area contributed by atoms with Crippen LogP contribution in [0.2, 0.25) is 0 Å². The SMILES string of the molecule is CC(C)S(=O)(=O)N1CCC(C)(C)CC1. The number of nitrogens with zero attached hydrogens (tertiary/aromatic N) is 1. The molecule has 1 saturated heterocycles. The van der Waals surface area contributed by atoms with Crippen molar-refractivity contribution in [2.75, 3.05) is 13.1 Å². The lowest BCUT2D eigenvalue weighted by atomic mass is 9.83. The van der Waals surface area contributed by atoms with Gasteiger partial charge in [0.2, 0.25) is 10.0 Å². The summed E-state index contributed by atoms with van der Waals surface area (Å²) in [4.78, 5) is 0. The molecule has 0 saturated carbocycles. The van der Waals surface area contributed by atoms with Crippen molar-refractivity contribution < 1.29 is 8.42 Å². The topological polar surface area (TPSA) is 37.4 Å². The summed E-state index contributed by atoms with van der Waals surface area (Å²) in [6.45, 7) is 9.27. The molecule has 0 aromatic heterocycles. The lowest BCUT2D eigenvalue weighted by molar-refractivity contribution is 0.195. The highest BCUT2D eigenvalue weighted by atomic mass is 32.2. The summed E-state index contributed by atoms with van der Waals surface area (Å²) in [7, 11) is -3.02. The average Bonchev–Trinajstić information content (AvgIpc) is 2.03. The van der Waals surface area contributed by atoms with Crippen LogP contribution in [0.1, 0.15) is 40.5 Å². The Morgan fingerprint density at radius 2 is 1.57 bits per heavy atom. The first kappa shape index (κ1) is 12.0. The van der Waals surface area contributed by atoms with Crippen LogP contribution in [-0.2, 0) is 10.0 Å². The third-order valence-corrected chi connectivity index (χ3v) is 5.31. The van der Waals surface area contributed by atoms with Gasteiger partial charge in [-0.25, -0.2) is 12.7 Å². The fraction of sp³-hybridized carbons (Fsp3) is 1.00. The lowest BCUT2D eigenvalue weighted by Crippen LogP contribution is -2.43. The van der Waals surface area contributed by atoms with E-state index in [1.807, 2.05) is 0 Å². The number of hydrogen-bond acceptors (Lipinski definition) is 2. The Kier molecular flexibility index (Phi) is 3.26. The molecular formula is C10H21NO2S. The normalized spacial score (nSPS) is 24.1. The maximum Gasteiger partial charge on any atom is 0.216 e. The summed E-state index contributed by atoms with van der Waals surface area (Å²) < 4.78 is 25.3. The second kappa shape index (κ2) is 3.81. The molecule has 0 aliphatic carbocycles. The molecule has 3 nitrogen and oxygen atoms in total. The summed E-state index contributed by atoms with van der Waals surface area (Å²) in [5.41, 5.74) is 0.309. The molecular weight excluding hydrogens is 198 g/mol. The summed E-state index contributed by atoms with van der Waals surface area (Å²) in [5.74, 6) is 0. The van der Waals surface area contributed by atoms with Crippen molar-refractivity contribution in [3.63, 3.8) is 0 Å². The number of rotatable bonds is 2. The maximum atomic E-state index is 11.8. The van der Waals surface area contributed by atoms with E-state index in [1.165, 1.54) is 0 Å². The van der Waals surface area contributed by atoms with Crippen LogP contribution in [-0.4, -0.2) is 31.1 Å². The molecule has 0 atom stereocenters. The predicted molar refractivity (Wildman–Crippen MR) is 58.6 cm³/mol. The van der Waals surface area contributed by atoms with Gasteiger partial charge >= 0.3 is 0 Å². The fourth-order valence-electron chi connectivity index (χ4n) is 1.64. The van der Waals surface area contributed by atoms with Gasteiger partial charge in [-0.3, -0.25) is 0 Å². The summed E-state index contributed by atoms with van der Waals surface area (Å²) in [6, 6.07) is 0. The Morgan fingerprint density at radius 3 is 1.93 bits per heavy atom. The maximum absolute atomic E-state index is 11.8. The van der Waals surface area contributed by atoms with E-state index in [1.54, 1.807) is 18.2 Å². The molecule has 0 unspecified atom stereocenters. The van der Waals surface area contributed by atoms with Crippen molar-refractivity contribution in [1.29, 1.82) is 0 Å². The zero-order valence-electron chi connectivity index (χ0n) is 9.58. The van der Waals surface area contributed by atoms with Crippen LogP contribution >= 0.6 is 0 Å². The van der Waals surface area contributed by atoms with Crippen molar-refractivity contribution >= 4 is 10.0 Å². The van der Waals surface area contributed by atoms with Gasteiger partial charge in [0.25, 0.3) is 0 Å². The van der Waals surface area contributed by atoms with Crippen molar-refractivity contribution in [3.8, 4) is 0 Å². The van der Waals surface area contributed by atoms with Crippen molar-refractivity contribution in [1.82, 2.24) is 4.31 Å². The number of hydrogen-bond donors (Lipinski definition) is 0. The highest BCUT2D eigenvalue weighted by Gasteiger charge is 2.32. The van der Waals surface area contributed by atoms with Crippen LogP contribution in [0.25, 0.3) is 0 Å². The smallest absolute Gasteiger partial charge is 0.212 e. The average molecular weight is 219 g/mol. The monoisotopic (exact) mass is 219 g/mol. The van der Waals surface area contributed by atoms with Gasteiger partial charge in [-0.2, -0.15) is 0 Å². The molecule has 4 heteroatoms. The number of piperidine rings is 1. The van der Waals surface area contributed by atoms with Crippen LogP contribution in [0, 0.1) is 5.41 Å². The molecule has 1 aliphatic rings. The van der Waals surface area contributed by atoms with Crippen LogP contribution in [0.4, 0.5) is 0 Å². The molecule has 0 radical (unpaired) electrons. The molecule has 0 aromatic rings. The molecule has 0 aromatic carbocycles. The zero-order chi connectivity index (χ0) is 11.0. The molecule has 1 heterocycles. The zero-order valence-corrected chi connectivity index (χ0v) is 10.4. The standard InChI is InChI=1S/C10H21NO2S/c1-9(2)14(12,13)11-7-5-10(3,4)6-8-11/h9H,5-8H2,1-4H3. The molecule has 0 amide bonds. The van der Waals surface area contributed by atoms with E-state index < -0.39 is 10.0 Å². The van der Waals surface area contributed by atoms with Gasteiger partial charge in [0.1, 0.15) is 0 Å². The van der Waals surface area contributed by atoms with Crippen molar-refractivity contribution in [2.24, 2.45) is 5.41 Å². The highest BCUT2D eigenvalue weighted by Crippen LogP contribution is 2.31. The minimum absolute atomic E-state index is 0.288. The molecule has 0 bridgehead atoms. The Hall–Kier alpha value is -0.0900. The van der Waals surface area contributed by atoms with Crippen molar-refractivity contribution in [3.05, 3.63) is 0 Å². The summed E-state index contributed by atoms with van der Waals surface area (Å²) >= 11 is 0. The molecule has 0 spiro atoms. The molecule has 84 valence electrons. The first-order chi connectivity index (χ1) is 6.26. The van der Waals surface area contributed by atoms with E-state index in [0.717, 1.165) is 12.8 Å². The Morgan fingerprint density at radius 1 is 1.14 bits per heavy atom. The van der Waals surface area contributed by atoms with Crippen LogP contribution in [0.3, 0.4) is 0 Å². The van der Waals surface area contributed by atoms with Gasteiger partial charge < -0.3 is 0 Å². The van der Waals surface area contributed by atoms with E-state index in [2.05, 4.69) is 13.8 Å². The number of sulfonamides is 1. The van der Waals surface area contributed by atoms with E-state index >= 15 is 0 Å². The minimum Gasteiger partial charge on any atom is -0.212 e. The van der Waals surface area contributed by atoms with Crippen LogP contribution < -0.4 is 0 Å². The Bertz CT molecular complexity index is 283. The second-order valence-electron chi connectivity index (χ2n) is 5.16. The van der Waals surface area contributed by atoms with Crippen LogP contribution in [0.5, 0.6) is 0 Å². The Balaban J connectivity index is 2.68. The second-order valence-corrected chi connectivity index (χ2v) is 7.65. The largest absolute Gasteiger partial charge is 0.216 e. The summed E-state index contributed by atoms with van der Waals surface area (Å²) in [5, 5.41) is -0.288. The summed E-state index contributed by atoms with van der Waals surface area (Å²) in [6.07, 6.45) is 1.94. The quantitative estimate of drug-likeness (QED) is 0.710. The predicted octanol–water partition coefficient (Wildman–Crippen LogP) is 1.85. The van der Waals surface area contributed by atoms with E-state index in [0.29, 0.717) is 18.5 Å². The molecule has 1 rings (SSSR count). The third-order valence-electron chi connectivity index (χ3n) is 3.03. The molecule has 0 N–H and O–H groups in total. The van der Waals surface area contributed by atoms with Gasteiger partial charge in [0.05, 0.1) is 5.25 Å². The molecule has 1 aliphatic heterocycles. The van der Waals surface area contributed by atoms with E-state index in [9.17, 15) is 8.42 Å². The first-order valence-electron chi connectivity index (χ1n) is 5.25. The molecule has 14 heavy (non-hydrogen) atoms. The van der Waals surface area contributed by atoms with E-state index in [4.69, 9.17) is 0 Å². The van der Waals surface area contributed by atoms with Gasteiger partial charge in [-0.15, -0.1) is 0 Å². The van der Waals surface area contributed by atoms with Crippen LogP contribution in [0.15, 0.2) is 0 Å². The van der Waals surface area contributed by atoms with Gasteiger partial charge in [-0.05, 0) is 32.1 Å². The van der Waals surface area contributed by atoms with Crippen molar-refractivity contribution in [2.45, 2.75) is 45.8 Å². The van der Waals surface area contributed by atoms with Gasteiger partial charge in [0, 0.05) is 13.1 Å². The third kappa shape index (κ3) is 2.48.